The molecule has 116 valence electrons. The van der Waals surface area contributed by atoms with Crippen molar-refractivity contribution >= 4 is 11.8 Å². The fraction of sp³-hybridized carbons (Fsp3) is 0.500. The number of ether oxygens (including phenoxy) is 1. The van der Waals surface area contributed by atoms with Crippen molar-refractivity contribution in [3.05, 3.63) is 35.9 Å². The lowest BCUT2D eigenvalue weighted by Gasteiger charge is -2.10. The number of carbonyl (C=O) groups is 2. The summed E-state index contributed by atoms with van der Waals surface area (Å²) in [5, 5.41) is 8.56. The van der Waals surface area contributed by atoms with E-state index < -0.39 is 0 Å². The van der Waals surface area contributed by atoms with Gasteiger partial charge in [-0.1, -0.05) is 30.3 Å². The normalized spacial score (nSPS) is 20.3. The maximum Gasteiger partial charge on any atom is 0.306 e. The second-order valence-electron chi connectivity index (χ2n) is 5.86. The van der Waals surface area contributed by atoms with Crippen LogP contribution in [-0.4, -0.2) is 11.8 Å². The third-order valence-corrected chi connectivity index (χ3v) is 4.25. The molecule has 2 unspecified atom stereocenters. The molecule has 0 radical (unpaired) electrons. The summed E-state index contributed by atoms with van der Waals surface area (Å²) in [6.45, 7) is 0.313. The van der Waals surface area contributed by atoms with Crippen LogP contribution in [0.3, 0.4) is 0 Å². The van der Waals surface area contributed by atoms with E-state index in [0.29, 0.717) is 18.9 Å². The van der Waals surface area contributed by atoms with E-state index in [9.17, 15) is 9.59 Å². The highest BCUT2D eigenvalue weighted by molar-refractivity contribution is 5.83. The molecule has 1 fully saturated rings. The topological polar surface area (TPSA) is 67.2 Å². The van der Waals surface area contributed by atoms with Gasteiger partial charge in [-0.15, -0.1) is 0 Å². The van der Waals surface area contributed by atoms with Gasteiger partial charge in [-0.3, -0.25) is 9.59 Å². The third-order valence-electron chi connectivity index (χ3n) is 4.25. The quantitative estimate of drug-likeness (QED) is 0.724. The smallest absolute Gasteiger partial charge is 0.306 e. The van der Waals surface area contributed by atoms with Crippen LogP contribution in [0.4, 0.5) is 0 Å². The van der Waals surface area contributed by atoms with Gasteiger partial charge in [0, 0.05) is 12.3 Å². The van der Waals surface area contributed by atoms with Gasteiger partial charge in [0.15, 0.2) is 0 Å². The second-order valence-corrected chi connectivity index (χ2v) is 5.86. The Morgan fingerprint density at radius 3 is 2.73 bits per heavy atom. The van der Waals surface area contributed by atoms with E-state index >= 15 is 0 Å². The average Bonchev–Trinajstić information content (AvgIpc) is 3.01. The number of rotatable bonds is 7. The first kappa shape index (κ1) is 16.2. The Hall–Kier alpha value is -2.15. The zero-order valence-corrected chi connectivity index (χ0v) is 12.7. The lowest BCUT2D eigenvalue weighted by atomic mass is 9.96. The van der Waals surface area contributed by atoms with Crippen LogP contribution >= 0.6 is 0 Å². The van der Waals surface area contributed by atoms with E-state index in [1.54, 1.807) is 0 Å². The maximum absolute atomic E-state index is 11.8. The van der Waals surface area contributed by atoms with E-state index in [0.717, 1.165) is 31.2 Å². The molecule has 2 atom stereocenters. The highest BCUT2D eigenvalue weighted by Crippen LogP contribution is 2.34. The van der Waals surface area contributed by atoms with Crippen LogP contribution in [0.2, 0.25) is 0 Å². The maximum atomic E-state index is 11.8. The van der Waals surface area contributed by atoms with Crippen molar-refractivity contribution in [2.45, 2.75) is 45.1 Å². The molecule has 0 amide bonds. The third kappa shape index (κ3) is 5.00. The minimum atomic E-state index is -0.185. The van der Waals surface area contributed by atoms with Crippen LogP contribution in [0.15, 0.2) is 30.3 Å². The molecule has 1 aliphatic rings. The SMILES string of the molecule is N#CCC(=O)C1CCC(CCC(=O)OCc2ccccc2)C1. The standard InChI is InChI=1S/C18H21NO3/c19-11-10-17(20)16-8-6-14(12-16)7-9-18(21)22-13-15-4-2-1-3-5-15/h1-5,14,16H,6-10,12-13H2. The lowest BCUT2D eigenvalue weighted by molar-refractivity contribution is -0.145. The molecule has 0 saturated heterocycles. The number of benzene rings is 1. The van der Waals surface area contributed by atoms with Crippen LogP contribution in [0.5, 0.6) is 0 Å². The molecule has 1 aromatic rings. The highest BCUT2D eigenvalue weighted by Gasteiger charge is 2.29. The highest BCUT2D eigenvalue weighted by atomic mass is 16.5. The van der Waals surface area contributed by atoms with Crippen LogP contribution in [0, 0.1) is 23.2 Å². The molecular weight excluding hydrogens is 278 g/mol. The molecule has 1 aromatic carbocycles. The second kappa shape index (κ2) is 8.33. The minimum absolute atomic E-state index is 0.0104. The van der Waals surface area contributed by atoms with Crippen LogP contribution in [-0.2, 0) is 20.9 Å². The molecule has 0 heterocycles. The van der Waals surface area contributed by atoms with Gasteiger partial charge < -0.3 is 4.74 Å². The van der Waals surface area contributed by atoms with E-state index in [-0.39, 0.29) is 24.1 Å². The van der Waals surface area contributed by atoms with Crippen molar-refractivity contribution < 1.29 is 14.3 Å². The first-order valence-corrected chi connectivity index (χ1v) is 7.78. The van der Waals surface area contributed by atoms with Gasteiger partial charge in [-0.2, -0.15) is 5.26 Å². The Bertz CT molecular complexity index is 547. The van der Waals surface area contributed by atoms with Crippen molar-refractivity contribution in [3.8, 4) is 6.07 Å². The Morgan fingerprint density at radius 1 is 1.23 bits per heavy atom. The monoisotopic (exact) mass is 299 g/mol. The summed E-state index contributed by atoms with van der Waals surface area (Å²) in [6, 6.07) is 11.5. The van der Waals surface area contributed by atoms with Crippen molar-refractivity contribution in [1.29, 1.82) is 5.26 Å². The van der Waals surface area contributed by atoms with E-state index in [2.05, 4.69) is 0 Å². The molecule has 22 heavy (non-hydrogen) atoms. The van der Waals surface area contributed by atoms with Gasteiger partial charge in [0.2, 0.25) is 0 Å². The average molecular weight is 299 g/mol. The number of Topliss-reactive ketones (excluding diaryl/α,β-unsaturated/α-hetero) is 1. The molecule has 2 rings (SSSR count). The van der Waals surface area contributed by atoms with Gasteiger partial charge in [0.05, 0.1) is 12.5 Å². The van der Waals surface area contributed by atoms with Gasteiger partial charge in [0.25, 0.3) is 0 Å². The predicted molar refractivity (Wildman–Crippen MR) is 81.5 cm³/mol. The molecule has 0 spiro atoms. The molecule has 0 N–H and O–H groups in total. The van der Waals surface area contributed by atoms with Gasteiger partial charge in [0.1, 0.15) is 12.4 Å². The fourth-order valence-electron chi connectivity index (χ4n) is 2.98. The Labute approximate surface area is 131 Å². The van der Waals surface area contributed by atoms with E-state index in [1.165, 1.54) is 0 Å². The summed E-state index contributed by atoms with van der Waals surface area (Å²) in [6.07, 6.45) is 3.81. The van der Waals surface area contributed by atoms with Crippen molar-refractivity contribution in [3.63, 3.8) is 0 Å². The zero-order valence-electron chi connectivity index (χ0n) is 12.7. The molecule has 4 heteroatoms. The van der Waals surface area contributed by atoms with E-state index in [4.69, 9.17) is 10.00 Å². The van der Waals surface area contributed by atoms with Gasteiger partial charge in [-0.25, -0.2) is 0 Å². The number of hydrogen-bond acceptors (Lipinski definition) is 4. The molecule has 1 saturated carbocycles. The van der Waals surface area contributed by atoms with Gasteiger partial charge in [-0.05, 0) is 37.2 Å². The fourth-order valence-corrected chi connectivity index (χ4v) is 2.98. The molecule has 0 aromatic heterocycles. The summed E-state index contributed by atoms with van der Waals surface area (Å²) in [5.74, 6) is 0.286. The molecule has 4 nitrogen and oxygen atoms in total. The van der Waals surface area contributed by atoms with Crippen LogP contribution in [0.1, 0.15) is 44.1 Å². The number of esters is 1. The largest absolute Gasteiger partial charge is 0.461 e. The van der Waals surface area contributed by atoms with Crippen LogP contribution < -0.4 is 0 Å². The Balaban J connectivity index is 1.65. The summed E-state index contributed by atoms with van der Waals surface area (Å²) in [5.41, 5.74) is 0.985. The van der Waals surface area contributed by atoms with Crippen molar-refractivity contribution in [2.75, 3.05) is 0 Å². The summed E-state index contributed by atoms with van der Waals surface area (Å²) < 4.78 is 5.25. The minimum Gasteiger partial charge on any atom is -0.461 e. The Kier molecular flexibility index (Phi) is 6.14. The first-order chi connectivity index (χ1) is 10.7. The summed E-state index contributed by atoms with van der Waals surface area (Å²) in [4.78, 5) is 23.4. The number of nitrogens with zero attached hydrogens (tertiary/aromatic N) is 1. The summed E-state index contributed by atoms with van der Waals surface area (Å²) >= 11 is 0. The number of nitriles is 1. The van der Waals surface area contributed by atoms with Crippen molar-refractivity contribution in [2.24, 2.45) is 11.8 Å². The summed E-state index contributed by atoms with van der Waals surface area (Å²) in [7, 11) is 0. The number of ketones is 1. The zero-order chi connectivity index (χ0) is 15.8. The van der Waals surface area contributed by atoms with Gasteiger partial charge >= 0.3 is 5.97 Å². The molecule has 0 bridgehead atoms. The number of carbonyl (C=O) groups excluding carboxylic acids is 2. The molecule has 1 aliphatic carbocycles. The number of hydrogen-bond donors (Lipinski definition) is 0. The lowest BCUT2D eigenvalue weighted by Crippen LogP contribution is -2.11. The first-order valence-electron chi connectivity index (χ1n) is 7.78. The Morgan fingerprint density at radius 2 is 2.00 bits per heavy atom. The predicted octanol–water partition coefficient (Wildman–Crippen LogP) is 3.41. The molecular formula is C18H21NO3. The van der Waals surface area contributed by atoms with Crippen molar-refractivity contribution in [1.82, 2.24) is 0 Å². The van der Waals surface area contributed by atoms with Crippen LogP contribution in [0.25, 0.3) is 0 Å². The van der Waals surface area contributed by atoms with E-state index in [1.807, 2.05) is 36.4 Å². The molecule has 0 aliphatic heterocycles.